The van der Waals surface area contributed by atoms with Gasteiger partial charge in [0.2, 0.25) is 23.6 Å². The zero-order valence-corrected chi connectivity index (χ0v) is 21.0. The Morgan fingerprint density at radius 1 is 0.594 bits per heavy atom. The Kier molecular flexibility index (Phi) is 8.84. The van der Waals surface area contributed by atoms with Crippen molar-refractivity contribution in [3.63, 3.8) is 0 Å². The number of carbonyl (C=O) groups is 4. The highest BCUT2D eigenvalue weighted by Gasteiger charge is 2.63. The predicted octanol–water partition coefficient (Wildman–Crippen LogP) is -0.535. The first-order chi connectivity index (χ1) is 14.5. The topological polar surface area (TPSA) is 133 Å². The van der Waals surface area contributed by atoms with Crippen LogP contribution >= 0.6 is 0 Å². The van der Waals surface area contributed by atoms with E-state index in [0.717, 1.165) is 0 Å². The van der Waals surface area contributed by atoms with Crippen molar-refractivity contribution in [2.75, 3.05) is 56.4 Å². The number of hydrogen-bond acceptors (Lipinski definition) is 6. The second-order valence-electron chi connectivity index (χ2n) is 10.1. The summed E-state index contributed by atoms with van der Waals surface area (Å²) in [7, 11) is 13.1. The van der Waals surface area contributed by atoms with E-state index in [-0.39, 0.29) is 49.3 Å². The maximum absolute atomic E-state index is 13.0. The van der Waals surface area contributed by atoms with Crippen molar-refractivity contribution in [3.8, 4) is 0 Å². The highest BCUT2D eigenvalue weighted by Crippen LogP contribution is 2.55. The first-order valence-electron chi connectivity index (χ1n) is 10.9. The Hall–Kier alpha value is -2.20. The Balaban J connectivity index is 3.74. The molecule has 1 aliphatic carbocycles. The van der Waals surface area contributed by atoms with Crippen LogP contribution < -0.4 is 11.5 Å². The molecule has 1 saturated carbocycles. The average Bonchev–Trinajstić information content (AvgIpc) is 2.65. The molecule has 0 spiro atoms. The van der Waals surface area contributed by atoms with Crippen LogP contribution in [0.1, 0.15) is 44.9 Å². The fraction of sp³-hybridized carbons (Fsp3) is 0.818. The van der Waals surface area contributed by atoms with Crippen molar-refractivity contribution >= 4 is 23.6 Å². The van der Waals surface area contributed by atoms with Gasteiger partial charge in [-0.2, -0.15) is 0 Å². The summed E-state index contributed by atoms with van der Waals surface area (Å²) in [6.45, 7) is 0. The molecule has 0 aromatic carbocycles. The van der Waals surface area contributed by atoms with Crippen LogP contribution in [-0.2, 0) is 19.2 Å². The molecule has 32 heavy (non-hydrogen) atoms. The molecule has 4 N–H and O–H groups in total. The van der Waals surface area contributed by atoms with Gasteiger partial charge in [-0.05, 0) is 12.8 Å². The fourth-order valence-corrected chi connectivity index (χ4v) is 4.60. The van der Waals surface area contributed by atoms with Gasteiger partial charge >= 0.3 is 0 Å². The van der Waals surface area contributed by atoms with E-state index in [1.807, 2.05) is 0 Å². The van der Waals surface area contributed by atoms with E-state index in [0.29, 0.717) is 19.3 Å². The van der Waals surface area contributed by atoms with E-state index in [4.69, 9.17) is 11.5 Å². The smallest absolute Gasteiger partial charge is 0.223 e. The van der Waals surface area contributed by atoms with Crippen LogP contribution in [0.2, 0.25) is 0 Å². The third-order valence-electron chi connectivity index (χ3n) is 6.98. The number of hydrogen-bond donors (Lipinski definition) is 2. The Labute approximate surface area is 192 Å². The minimum Gasteiger partial charge on any atom is -0.349 e. The summed E-state index contributed by atoms with van der Waals surface area (Å²) in [4.78, 5) is 57.4. The zero-order valence-electron chi connectivity index (χ0n) is 21.0. The molecule has 2 atom stereocenters. The van der Waals surface area contributed by atoms with Crippen molar-refractivity contribution in [2.45, 2.75) is 56.0 Å². The zero-order chi connectivity index (χ0) is 25.1. The van der Waals surface area contributed by atoms with Gasteiger partial charge in [0, 0.05) is 98.6 Å². The van der Waals surface area contributed by atoms with E-state index in [2.05, 4.69) is 0 Å². The van der Waals surface area contributed by atoms with Crippen molar-refractivity contribution in [2.24, 2.45) is 16.9 Å². The summed E-state index contributed by atoms with van der Waals surface area (Å²) < 4.78 is 0. The van der Waals surface area contributed by atoms with Gasteiger partial charge in [0.1, 0.15) is 0 Å². The first kappa shape index (κ1) is 27.8. The van der Waals surface area contributed by atoms with Gasteiger partial charge in [0.15, 0.2) is 0 Å². The minimum atomic E-state index is -1.46. The first-order valence-corrected chi connectivity index (χ1v) is 10.9. The number of carbonyl (C=O) groups excluding carboxylic acids is 4. The van der Waals surface area contributed by atoms with E-state index < -0.39 is 16.5 Å². The monoisotopic (exact) mass is 454 g/mol. The van der Waals surface area contributed by atoms with Crippen LogP contribution in [0.4, 0.5) is 0 Å². The van der Waals surface area contributed by atoms with E-state index in [1.54, 1.807) is 56.4 Å². The lowest BCUT2D eigenvalue weighted by Crippen LogP contribution is -2.77. The molecule has 10 nitrogen and oxygen atoms in total. The van der Waals surface area contributed by atoms with Crippen LogP contribution in [0.3, 0.4) is 0 Å². The summed E-state index contributed by atoms with van der Waals surface area (Å²) in [5, 5.41) is 0. The Morgan fingerprint density at radius 2 is 0.938 bits per heavy atom. The highest BCUT2D eigenvalue weighted by molar-refractivity contribution is 5.83. The summed E-state index contributed by atoms with van der Waals surface area (Å²) in [6.07, 6.45) is 1.14. The molecule has 0 radical (unpaired) electrons. The lowest BCUT2D eigenvalue weighted by Gasteiger charge is -2.60. The van der Waals surface area contributed by atoms with Crippen LogP contribution in [0.5, 0.6) is 0 Å². The number of nitrogens with zero attached hydrogens (tertiary/aromatic N) is 4. The van der Waals surface area contributed by atoms with Gasteiger partial charge < -0.3 is 31.1 Å². The molecular formula is C22H42N6O4. The fourth-order valence-electron chi connectivity index (χ4n) is 4.60. The summed E-state index contributed by atoms with van der Waals surface area (Å²) in [6, 6.07) is 0. The molecule has 1 fully saturated rings. The molecule has 0 bridgehead atoms. The molecule has 0 saturated heterocycles. The van der Waals surface area contributed by atoms with Crippen LogP contribution in [0.25, 0.3) is 0 Å². The van der Waals surface area contributed by atoms with Crippen molar-refractivity contribution in [1.29, 1.82) is 0 Å². The van der Waals surface area contributed by atoms with Gasteiger partial charge in [-0.15, -0.1) is 0 Å². The molecule has 1 rings (SSSR count). The highest BCUT2D eigenvalue weighted by atomic mass is 16.2. The Morgan fingerprint density at radius 3 is 1.31 bits per heavy atom. The quantitative estimate of drug-likeness (QED) is 0.506. The number of nitrogens with two attached hydrogens (primary N) is 2. The molecule has 4 amide bonds. The molecule has 10 heteroatoms. The third kappa shape index (κ3) is 5.58. The van der Waals surface area contributed by atoms with Gasteiger partial charge in [-0.25, -0.2) is 0 Å². The van der Waals surface area contributed by atoms with E-state index in [1.165, 1.54) is 19.6 Å². The summed E-state index contributed by atoms with van der Waals surface area (Å²) >= 11 is 0. The van der Waals surface area contributed by atoms with Crippen LogP contribution in [0, 0.1) is 5.41 Å². The number of rotatable bonds is 8. The maximum Gasteiger partial charge on any atom is 0.223 e. The van der Waals surface area contributed by atoms with Crippen molar-refractivity contribution in [1.82, 2.24) is 19.6 Å². The molecule has 0 heterocycles. The second kappa shape index (κ2) is 10.2. The minimum absolute atomic E-state index is 0.0358. The average molecular weight is 455 g/mol. The lowest BCUT2D eigenvalue weighted by molar-refractivity contribution is -0.149. The van der Waals surface area contributed by atoms with E-state index in [9.17, 15) is 19.2 Å². The Bertz CT molecular complexity index is 714. The molecule has 1 aliphatic rings. The maximum atomic E-state index is 13.0. The molecule has 0 unspecified atom stereocenters. The summed E-state index contributed by atoms with van der Waals surface area (Å²) in [5.41, 5.74) is 10.2. The molecule has 0 aromatic heterocycles. The summed E-state index contributed by atoms with van der Waals surface area (Å²) in [5.74, 6) is -0.882. The van der Waals surface area contributed by atoms with Crippen LogP contribution in [0.15, 0.2) is 0 Å². The number of amides is 4. The lowest BCUT2D eigenvalue weighted by atomic mass is 9.49. The molecule has 184 valence electrons. The van der Waals surface area contributed by atoms with Crippen molar-refractivity contribution in [3.05, 3.63) is 0 Å². The molecule has 0 aliphatic heterocycles. The molecule has 0 aromatic rings. The normalized spacial score (nSPS) is 24.4. The standard InChI is InChI=1S/C22H42N6O4/c1-25(2)16(29)12-20(13-17(30)26(3)4)10-9-11-21(23,14-18(31)27(5)6)22(20,24)15-19(32)28(7)8/h9-15,23-24H2,1-8H3/t21-,22+/m0/s1. The third-order valence-corrected chi connectivity index (χ3v) is 6.98. The molecular weight excluding hydrogens is 412 g/mol. The largest absolute Gasteiger partial charge is 0.349 e. The van der Waals surface area contributed by atoms with Crippen LogP contribution in [-0.4, -0.2) is 111 Å². The van der Waals surface area contributed by atoms with Gasteiger partial charge in [0.05, 0.1) is 0 Å². The van der Waals surface area contributed by atoms with Crippen molar-refractivity contribution < 1.29 is 19.2 Å². The SMILES string of the molecule is CN(C)C(=O)CC1(CC(=O)N(C)C)CCC[C@](N)(CC(=O)N(C)C)[C@@]1(N)CC(=O)N(C)C. The van der Waals surface area contributed by atoms with E-state index >= 15 is 0 Å². The second-order valence-corrected chi connectivity index (χ2v) is 10.1. The van der Waals surface area contributed by atoms with Gasteiger partial charge in [0.25, 0.3) is 0 Å². The van der Waals surface area contributed by atoms with Gasteiger partial charge in [-0.3, -0.25) is 19.2 Å². The predicted molar refractivity (Wildman–Crippen MR) is 123 cm³/mol. The van der Waals surface area contributed by atoms with Gasteiger partial charge in [-0.1, -0.05) is 6.42 Å².